The van der Waals surface area contributed by atoms with Gasteiger partial charge in [0.25, 0.3) is 0 Å². The van der Waals surface area contributed by atoms with Crippen molar-refractivity contribution in [3.05, 3.63) is 108 Å². The number of halogens is 1. The van der Waals surface area contributed by atoms with Gasteiger partial charge in [0.05, 0.1) is 11.9 Å². The zero-order valence-electron chi connectivity index (χ0n) is 18.1. The molecule has 1 aromatic heterocycles. The summed E-state index contributed by atoms with van der Waals surface area (Å²) in [5, 5.41) is 10.9. The number of hydrogen-bond acceptors (Lipinski definition) is 2. The molecule has 0 fully saturated rings. The summed E-state index contributed by atoms with van der Waals surface area (Å²) in [4.78, 5) is 12.7. The van der Waals surface area contributed by atoms with E-state index in [-0.39, 0.29) is 18.1 Å². The molecule has 1 heterocycles. The molecule has 4 aromatic carbocycles. The van der Waals surface area contributed by atoms with Crippen LogP contribution in [0.2, 0.25) is 0 Å². The largest absolute Gasteiger partial charge is 0.308 e. The fourth-order valence-corrected chi connectivity index (χ4v) is 4.05. The van der Waals surface area contributed by atoms with Gasteiger partial charge < -0.3 is 5.32 Å². The molecular formula is C28H22FN3O. The van der Waals surface area contributed by atoms with Crippen LogP contribution in [-0.2, 0) is 11.2 Å². The smallest absolute Gasteiger partial charge is 0.230 e. The summed E-state index contributed by atoms with van der Waals surface area (Å²) in [6, 6.07) is 28.5. The Bertz CT molecular complexity index is 1440. The van der Waals surface area contributed by atoms with Gasteiger partial charge in [-0.05, 0) is 52.9 Å². The summed E-state index contributed by atoms with van der Waals surface area (Å²) in [7, 11) is 0. The van der Waals surface area contributed by atoms with E-state index >= 15 is 0 Å². The molecule has 1 amide bonds. The fourth-order valence-electron chi connectivity index (χ4n) is 4.05. The van der Waals surface area contributed by atoms with Gasteiger partial charge in [-0.3, -0.25) is 9.89 Å². The summed E-state index contributed by atoms with van der Waals surface area (Å²) < 4.78 is 14.4. The Morgan fingerprint density at radius 2 is 1.58 bits per heavy atom. The number of rotatable bonds is 5. The molecule has 5 rings (SSSR count). The van der Waals surface area contributed by atoms with E-state index < -0.39 is 0 Å². The molecule has 0 atom stereocenters. The summed E-state index contributed by atoms with van der Waals surface area (Å²) in [6.07, 6.45) is 0.232. The molecule has 5 heteroatoms. The van der Waals surface area contributed by atoms with E-state index in [1.807, 2.05) is 67.6 Å². The van der Waals surface area contributed by atoms with Crippen LogP contribution in [0.4, 0.5) is 10.2 Å². The maximum absolute atomic E-state index is 14.4. The van der Waals surface area contributed by atoms with Gasteiger partial charge in [-0.2, -0.15) is 5.10 Å². The van der Waals surface area contributed by atoms with E-state index in [1.165, 1.54) is 6.07 Å². The molecule has 0 aliphatic heterocycles. The summed E-state index contributed by atoms with van der Waals surface area (Å²) in [6.45, 7) is 1.93. The molecule has 0 saturated heterocycles. The number of hydrogen-bond donors (Lipinski definition) is 2. The Kier molecular flexibility index (Phi) is 5.45. The number of nitrogens with zero attached hydrogens (tertiary/aromatic N) is 1. The Morgan fingerprint density at radius 3 is 2.33 bits per heavy atom. The molecule has 33 heavy (non-hydrogen) atoms. The first-order valence-electron chi connectivity index (χ1n) is 10.8. The van der Waals surface area contributed by atoms with Gasteiger partial charge in [-0.1, -0.05) is 72.8 Å². The third-order valence-corrected chi connectivity index (χ3v) is 5.76. The number of fused-ring (bicyclic) bond motifs is 1. The van der Waals surface area contributed by atoms with Gasteiger partial charge in [0.2, 0.25) is 5.91 Å². The molecule has 4 nitrogen and oxygen atoms in total. The summed E-state index contributed by atoms with van der Waals surface area (Å²) >= 11 is 0. The van der Waals surface area contributed by atoms with Crippen LogP contribution in [0.1, 0.15) is 11.1 Å². The lowest BCUT2D eigenvalue weighted by atomic mass is 9.98. The number of nitrogens with one attached hydrogen (secondary N) is 2. The van der Waals surface area contributed by atoms with E-state index in [1.54, 1.807) is 12.1 Å². The normalized spacial score (nSPS) is 11.0. The number of carbonyl (C=O) groups excluding carboxylic acids is 1. The lowest BCUT2D eigenvalue weighted by molar-refractivity contribution is -0.115. The lowest BCUT2D eigenvalue weighted by Crippen LogP contribution is -2.14. The topological polar surface area (TPSA) is 57.8 Å². The van der Waals surface area contributed by atoms with Gasteiger partial charge in [-0.15, -0.1) is 0 Å². The van der Waals surface area contributed by atoms with E-state index in [4.69, 9.17) is 0 Å². The van der Waals surface area contributed by atoms with Crippen LogP contribution in [0.15, 0.2) is 91.0 Å². The fraction of sp³-hybridized carbons (Fsp3) is 0.0714. The second-order valence-corrected chi connectivity index (χ2v) is 8.05. The SMILES string of the molecule is Cc1cc2[nH]nc(NC(=O)Cc3ccc(-c4ccccc4)cc3)c2cc1-c1ccccc1F. The molecule has 0 unspecified atom stereocenters. The van der Waals surface area contributed by atoms with Gasteiger partial charge in [-0.25, -0.2) is 4.39 Å². The van der Waals surface area contributed by atoms with Crippen molar-refractivity contribution in [3.63, 3.8) is 0 Å². The van der Waals surface area contributed by atoms with Crippen molar-refractivity contribution in [3.8, 4) is 22.3 Å². The van der Waals surface area contributed by atoms with Crippen LogP contribution in [0, 0.1) is 12.7 Å². The highest BCUT2D eigenvalue weighted by molar-refractivity contribution is 6.02. The monoisotopic (exact) mass is 435 g/mol. The number of benzene rings is 4. The van der Waals surface area contributed by atoms with Gasteiger partial charge in [0.1, 0.15) is 5.82 Å². The number of carbonyl (C=O) groups is 1. The first-order valence-corrected chi connectivity index (χ1v) is 10.8. The third kappa shape index (κ3) is 4.26. The standard InChI is InChI=1S/C28H22FN3O/c1-18-15-26-24(17-23(18)22-9-5-6-10-25(22)29)28(32-31-26)30-27(33)16-19-11-13-21(14-12-19)20-7-3-2-4-8-20/h2-15,17H,16H2,1H3,(H2,30,31,32,33). The number of aromatic nitrogens is 2. The molecule has 0 radical (unpaired) electrons. The Morgan fingerprint density at radius 1 is 0.879 bits per heavy atom. The van der Waals surface area contributed by atoms with Crippen molar-refractivity contribution in [1.29, 1.82) is 0 Å². The molecule has 0 spiro atoms. The van der Waals surface area contributed by atoms with E-state index in [2.05, 4.69) is 27.6 Å². The first-order chi connectivity index (χ1) is 16.1. The molecule has 0 saturated carbocycles. The maximum atomic E-state index is 14.4. The number of aromatic amines is 1. The quantitative estimate of drug-likeness (QED) is 0.330. The average Bonchev–Trinajstić information content (AvgIpc) is 3.21. The second kappa shape index (κ2) is 8.71. The van der Waals surface area contributed by atoms with E-state index in [9.17, 15) is 9.18 Å². The highest BCUT2D eigenvalue weighted by Crippen LogP contribution is 2.32. The van der Waals surface area contributed by atoms with E-state index in [0.717, 1.165) is 38.7 Å². The predicted octanol–water partition coefficient (Wildman–Crippen LogP) is 6.53. The minimum absolute atomic E-state index is 0.163. The van der Waals surface area contributed by atoms with Crippen molar-refractivity contribution in [2.24, 2.45) is 0 Å². The molecule has 0 bridgehead atoms. The van der Waals surface area contributed by atoms with Crippen LogP contribution < -0.4 is 5.32 Å². The maximum Gasteiger partial charge on any atom is 0.230 e. The van der Waals surface area contributed by atoms with Crippen LogP contribution in [0.5, 0.6) is 0 Å². The molecular weight excluding hydrogens is 413 g/mol. The van der Waals surface area contributed by atoms with Crippen molar-refractivity contribution >= 4 is 22.6 Å². The first kappa shape index (κ1) is 20.6. The molecule has 5 aromatic rings. The van der Waals surface area contributed by atoms with Crippen LogP contribution in [-0.4, -0.2) is 16.1 Å². The number of anilines is 1. The minimum Gasteiger partial charge on any atom is -0.308 e. The summed E-state index contributed by atoms with van der Waals surface area (Å²) in [5.41, 5.74) is 6.16. The Balaban J connectivity index is 1.36. The average molecular weight is 436 g/mol. The van der Waals surface area contributed by atoms with Crippen LogP contribution in [0.3, 0.4) is 0 Å². The molecule has 162 valence electrons. The van der Waals surface area contributed by atoms with Crippen molar-refractivity contribution in [2.75, 3.05) is 5.32 Å². The van der Waals surface area contributed by atoms with Gasteiger partial charge >= 0.3 is 0 Å². The van der Waals surface area contributed by atoms with Gasteiger partial charge in [0.15, 0.2) is 5.82 Å². The highest BCUT2D eigenvalue weighted by Gasteiger charge is 2.14. The zero-order chi connectivity index (χ0) is 22.8. The van der Waals surface area contributed by atoms with Crippen molar-refractivity contribution in [2.45, 2.75) is 13.3 Å². The predicted molar refractivity (Wildman–Crippen MR) is 130 cm³/mol. The second-order valence-electron chi connectivity index (χ2n) is 8.05. The molecule has 0 aliphatic carbocycles. The highest BCUT2D eigenvalue weighted by atomic mass is 19.1. The third-order valence-electron chi connectivity index (χ3n) is 5.76. The molecule has 0 aliphatic rings. The minimum atomic E-state index is -0.284. The number of H-pyrrole nitrogens is 1. The van der Waals surface area contributed by atoms with Gasteiger partial charge in [0, 0.05) is 10.9 Å². The number of amides is 1. The summed E-state index contributed by atoms with van der Waals surface area (Å²) in [5.74, 6) is -0.00893. The Hall–Kier alpha value is -4.25. The van der Waals surface area contributed by atoms with Crippen molar-refractivity contribution in [1.82, 2.24) is 10.2 Å². The van der Waals surface area contributed by atoms with Crippen molar-refractivity contribution < 1.29 is 9.18 Å². The molecule has 2 N–H and O–H groups in total. The lowest BCUT2D eigenvalue weighted by Gasteiger charge is -2.09. The Labute approximate surface area is 191 Å². The van der Waals surface area contributed by atoms with E-state index in [0.29, 0.717) is 11.4 Å². The zero-order valence-corrected chi connectivity index (χ0v) is 18.1. The number of aryl methyl sites for hydroxylation is 1. The van der Waals surface area contributed by atoms with Crippen LogP contribution >= 0.6 is 0 Å². The van der Waals surface area contributed by atoms with Crippen LogP contribution in [0.25, 0.3) is 33.2 Å².